The Morgan fingerprint density at radius 1 is 1.56 bits per heavy atom. The molecular formula is C12H20N2O2. The van der Waals surface area contributed by atoms with E-state index in [9.17, 15) is 9.59 Å². The van der Waals surface area contributed by atoms with Gasteiger partial charge in [-0.05, 0) is 24.2 Å². The van der Waals surface area contributed by atoms with Crippen molar-refractivity contribution in [3.8, 4) is 0 Å². The Labute approximate surface area is 96.0 Å². The maximum Gasteiger partial charge on any atom is 0.234 e. The van der Waals surface area contributed by atoms with Gasteiger partial charge in [-0.3, -0.25) is 9.59 Å². The molecule has 0 aromatic rings. The van der Waals surface area contributed by atoms with Crippen LogP contribution in [0.25, 0.3) is 0 Å². The molecule has 2 bridgehead atoms. The van der Waals surface area contributed by atoms with E-state index < -0.39 is 5.41 Å². The lowest BCUT2D eigenvalue weighted by Crippen LogP contribution is -2.50. The summed E-state index contributed by atoms with van der Waals surface area (Å²) in [5, 5.41) is 2.79. The van der Waals surface area contributed by atoms with Crippen molar-refractivity contribution in [3.05, 3.63) is 0 Å². The zero-order valence-corrected chi connectivity index (χ0v) is 10.0. The average molecular weight is 224 g/mol. The highest BCUT2D eigenvalue weighted by molar-refractivity contribution is 6.09. The van der Waals surface area contributed by atoms with Gasteiger partial charge in [-0.15, -0.1) is 0 Å². The first-order valence-corrected chi connectivity index (χ1v) is 5.98. The van der Waals surface area contributed by atoms with Crippen LogP contribution in [0, 0.1) is 16.7 Å². The van der Waals surface area contributed by atoms with Crippen molar-refractivity contribution < 1.29 is 9.59 Å². The van der Waals surface area contributed by atoms with E-state index in [4.69, 9.17) is 5.73 Å². The summed E-state index contributed by atoms with van der Waals surface area (Å²) in [6, 6.07) is 0. The van der Waals surface area contributed by atoms with Crippen LogP contribution in [0.2, 0.25) is 0 Å². The Morgan fingerprint density at radius 3 is 2.69 bits per heavy atom. The van der Waals surface area contributed by atoms with Gasteiger partial charge in [-0.2, -0.15) is 0 Å². The molecule has 0 heterocycles. The minimum atomic E-state index is -0.771. The fourth-order valence-electron chi connectivity index (χ4n) is 3.55. The van der Waals surface area contributed by atoms with Crippen LogP contribution >= 0.6 is 0 Å². The largest absolute Gasteiger partial charge is 0.354 e. The summed E-state index contributed by atoms with van der Waals surface area (Å²) in [5.41, 5.74) is 4.41. The number of hydrogen-bond acceptors (Lipinski definition) is 3. The number of rotatable bonds is 3. The Bertz CT molecular complexity index is 338. The first kappa shape index (κ1) is 11.6. The molecule has 0 radical (unpaired) electrons. The summed E-state index contributed by atoms with van der Waals surface area (Å²) < 4.78 is 0. The Kier molecular flexibility index (Phi) is 2.57. The minimum absolute atomic E-state index is 0.104. The van der Waals surface area contributed by atoms with Crippen LogP contribution in [0.1, 0.15) is 33.1 Å². The van der Waals surface area contributed by atoms with Gasteiger partial charge in [-0.25, -0.2) is 0 Å². The van der Waals surface area contributed by atoms with E-state index >= 15 is 0 Å². The molecule has 4 nitrogen and oxygen atoms in total. The molecule has 2 aliphatic rings. The second kappa shape index (κ2) is 3.55. The lowest BCUT2D eigenvalue weighted by Gasteiger charge is -2.34. The Balaban J connectivity index is 2.28. The lowest BCUT2D eigenvalue weighted by molar-refractivity contribution is -0.144. The zero-order chi connectivity index (χ0) is 12.0. The van der Waals surface area contributed by atoms with Crippen LogP contribution in [0.5, 0.6) is 0 Å². The van der Waals surface area contributed by atoms with E-state index in [1.807, 2.05) is 0 Å². The fourth-order valence-corrected chi connectivity index (χ4v) is 3.55. The van der Waals surface area contributed by atoms with Crippen molar-refractivity contribution in [2.75, 3.05) is 13.1 Å². The van der Waals surface area contributed by atoms with Gasteiger partial charge in [-0.1, -0.05) is 13.8 Å². The van der Waals surface area contributed by atoms with Crippen molar-refractivity contribution in [3.63, 3.8) is 0 Å². The molecule has 90 valence electrons. The minimum Gasteiger partial charge on any atom is -0.354 e. The third-order valence-corrected chi connectivity index (χ3v) is 4.71. The van der Waals surface area contributed by atoms with Gasteiger partial charge in [0.2, 0.25) is 5.91 Å². The molecule has 1 amide bonds. The van der Waals surface area contributed by atoms with E-state index in [2.05, 4.69) is 19.2 Å². The summed E-state index contributed by atoms with van der Waals surface area (Å²) >= 11 is 0. The number of nitrogens with one attached hydrogen (secondary N) is 1. The van der Waals surface area contributed by atoms with Gasteiger partial charge in [0, 0.05) is 19.5 Å². The van der Waals surface area contributed by atoms with Crippen molar-refractivity contribution in [2.45, 2.75) is 33.1 Å². The number of fused-ring (bicyclic) bond motifs is 2. The SMILES string of the molecule is CC1(C)[C@@H]2CC[C@]1(C(=O)NCCN)C(=O)C2. The number of ketones is 1. The van der Waals surface area contributed by atoms with Gasteiger partial charge in [0.1, 0.15) is 11.2 Å². The van der Waals surface area contributed by atoms with Crippen LogP contribution in [-0.4, -0.2) is 24.8 Å². The maximum atomic E-state index is 12.2. The molecule has 16 heavy (non-hydrogen) atoms. The molecule has 0 aromatic heterocycles. The molecule has 0 unspecified atom stereocenters. The number of carbonyl (C=O) groups is 2. The number of Topliss-reactive ketones (excluding diaryl/α,β-unsaturated/α-hetero) is 1. The van der Waals surface area contributed by atoms with E-state index in [-0.39, 0.29) is 17.1 Å². The number of hydrogen-bond donors (Lipinski definition) is 2. The highest BCUT2D eigenvalue weighted by Crippen LogP contribution is 2.63. The molecule has 2 aliphatic carbocycles. The van der Waals surface area contributed by atoms with Crippen LogP contribution in [0.3, 0.4) is 0 Å². The standard InChI is InChI=1S/C12H20N2O2/c1-11(2)8-3-4-12(11,9(15)7-8)10(16)14-6-5-13/h8H,3-7,13H2,1-2H3,(H,14,16)/t8-,12-/m1/s1. The van der Waals surface area contributed by atoms with Gasteiger partial charge >= 0.3 is 0 Å². The molecule has 0 saturated heterocycles. The van der Waals surface area contributed by atoms with E-state index in [0.29, 0.717) is 31.8 Å². The van der Waals surface area contributed by atoms with Crippen LogP contribution in [-0.2, 0) is 9.59 Å². The van der Waals surface area contributed by atoms with Gasteiger partial charge in [0.05, 0.1) is 0 Å². The molecule has 2 fully saturated rings. The summed E-state index contributed by atoms with van der Waals surface area (Å²) in [6.45, 7) is 4.98. The molecule has 2 atom stereocenters. The summed E-state index contributed by atoms with van der Waals surface area (Å²) in [5.74, 6) is 0.403. The predicted molar refractivity (Wildman–Crippen MR) is 60.6 cm³/mol. The number of nitrogens with two attached hydrogens (primary N) is 1. The molecule has 0 aromatic carbocycles. The second-order valence-electron chi connectivity index (χ2n) is 5.53. The Hall–Kier alpha value is -0.900. The van der Waals surface area contributed by atoms with E-state index in [1.165, 1.54) is 0 Å². The first-order valence-electron chi connectivity index (χ1n) is 5.98. The van der Waals surface area contributed by atoms with Gasteiger partial charge in [0.25, 0.3) is 0 Å². The Morgan fingerprint density at radius 2 is 2.25 bits per heavy atom. The van der Waals surface area contributed by atoms with E-state index in [1.54, 1.807) is 0 Å². The average Bonchev–Trinajstić information content (AvgIpc) is 2.59. The summed E-state index contributed by atoms with van der Waals surface area (Å²) in [6.07, 6.45) is 2.28. The van der Waals surface area contributed by atoms with Crippen LogP contribution < -0.4 is 11.1 Å². The van der Waals surface area contributed by atoms with Crippen molar-refractivity contribution in [2.24, 2.45) is 22.5 Å². The molecule has 4 heteroatoms. The number of carbonyl (C=O) groups excluding carboxylic acids is 2. The molecule has 2 rings (SSSR count). The van der Waals surface area contributed by atoms with Crippen molar-refractivity contribution in [1.29, 1.82) is 0 Å². The van der Waals surface area contributed by atoms with Crippen molar-refractivity contribution >= 4 is 11.7 Å². The zero-order valence-electron chi connectivity index (χ0n) is 10.0. The molecule has 2 saturated carbocycles. The van der Waals surface area contributed by atoms with E-state index in [0.717, 1.165) is 6.42 Å². The highest BCUT2D eigenvalue weighted by atomic mass is 16.2. The lowest BCUT2D eigenvalue weighted by atomic mass is 9.68. The molecule has 0 spiro atoms. The quantitative estimate of drug-likeness (QED) is 0.684. The van der Waals surface area contributed by atoms with Gasteiger partial charge in [0.15, 0.2) is 0 Å². The van der Waals surface area contributed by atoms with Crippen LogP contribution in [0.4, 0.5) is 0 Å². The smallest absolute Gasteiger partial charge is 0.234 e. The van der Waals surface area contributed by atoms with Crippen molar-refractivity contribution in [1.82, 2.24) is 5.32 Å². The number of amides is 1. The first-order chi connectivity index (χ1) is 7.46. The van der Waals surface area contributed by atoms with Gasteiger partial charge < -0.3 is 11.1 Å². The predicted octanol–water partition coefficient (Wildman–Crippen LogP) is 0.457. The molecular weight excluding hydrogens is 204 g/mol. The highest BCUT2D eigenvalue weighted by Gasteiger charge is 2.67. The monoisotopic (exact) mass is 224 g/mol. The summed E-state index contributed by atoms with van der Waals surface area (Å²) in [7, 11) is 0. The maximum absolute atomic E-state index is 12.2. The second-order valence-corrected chi connectivity index (χ2v) is 5.53. The summed E-state index contributed by atoms with van der Waals surface area (Å²) in [4.78, 5) is 24.3. The fraction of sp³-hybridized carbons (Fsp3) is 0.833. The normalized spacial score (nSPS) is 35.4. The van der Waals surface area contributed by atoms with Crippen LogP contribution in [0.15, 0.2) is 0 Å². The molecule has 0 aliphatic heterocycles. The third-order valence-electron chi connectivity index (χ3n) is 4.71. The molecule has 3 N–H and O–H groups in total. The topological polar surface area (TPSA) is 72.2 Å². The third kappa shape index (κ3) is 1.19.